The third-order valence-corrected chi connectivity index (χ3v) is 4.49. The fourth-order valence-corrected chi connectivity index (χ4v) is 3.27. The molecule has 0 aliphatic carbocycles. The minimum absolute atomic E-state index is 0.248. The molecule has 7 nitrogen and oxygen atoms in total. The Bertz CT molecular complexity index is 764. The molecule has 0 saturated heterocycles. The number of nitrogens with one attached hydrogen (secondary N) is 1. The van der Waals surface area contributed by atoms with Gasteiger partial charge in [0, 0.05) is 41.2 Å². The first-order chi connectivity index (χ1) is 10.1. The molecule has 0 radical (unpaired) electrons. The molecule has 1 N–H and O–H groups in total. The maximum absolute atomic E-state index is 12.3. The Morgan fingerprint density at radius 1 is 1.29 bits per heavy atom. The lowest BCUT2D eigenvalue weighted by molar-refractivity contribution is 0.578. The number of aromatic nitrogens is 1. The number of sulfonamides is 1. The Labute approximate surface area is 122 Å². The topological polar surface area (TPSA) is 108 Å². The summed E-state index contributed by atoms with van der Waals surface area (Å²) in [5.74, 6) is 0. The largest absolute Gasteiger partial charge is 0.264 e. The Hall–Kier alpha value is -2.15. The number of pyridine rings is 1. The highest BCUT2D eigenvalue weighted by Crippen LogP contribution is 2.21. The van der Waals surface area contributed by atoms with Crippen LogP contribution in [0.2, 0.25) is 0 Å². The molecule has 0 saturated carbocycles. The van der Waals surface area contributed by atoms with Crippen LogP contribution in [0.1, 0.15) is 12.8 Å². The van der Waals surface area contributed by atoms with E-state index in [0.717, 1.165) is 5.39 Å². The van der Waals surface area contributed by atoms with E-state index < -0.39 is 10.0 Å². The van der Waals surface area contributed by atoms with Gasteiger partial charge >= 0.3 is 0 Å². The summed E-state index contributed by atoms with van der Waals surface area (Å²) in [6.07, 6.45) is 4.46. The second-order valence-electron chi connectivity index (χ2n) is 4.41. The summed E-state index contributed by atoms with van der Waals surface area (Å²) in [4.78, 5) is 6.88. The summed E-state index contributed by atoms with van der Waals surface area (Å²) >= 11 is 0. The van der Waals surface area contributed by atoms with Gasteiger partial charge in [0.2, 0.25) is 10.0 Å². The van der Waals surface area contributed by atoms with E-state index in [9.17, 15) is 8.42 Å². The fraction of sp³-hybridized carbons (Fsp3) is 0.308. The van der Waals surface area contributed by atoms with Crippen molar-refractivity contribution in [2.24, 2.45) is 5.11 Å². The molecular formula is C13H15N5O2S. The molecule has 2 rings (SSSR count). The van der Waals surface area contributed by atoms with Crippen LogP contribution in [0.3, 0.4) is 0 Å². The SMILES string of the molecule is [N-]=[N+]=NCCCCNS(=O)(=O)c1cccc2cnccc12. The van der Waals surface area contributed by atoms with Crippen molar-refractivity contribution < 1.29 is 8.42 Å². The summed E-state index contributed by atoms with van der Waals surface area (Å²) in [6, 6.07) is 6.78. The van der Waals surface area contributed by atoms with Crippen LogP contribution in [-0.4, -0.2) is 26.5 Å². The zero-order valence-corrected chi connectivity index (χ0v) is 12.1. The van der Waals surface area contributed by atoms with Crippen LogP contribution in [0.25, 0.3) is 21.2 Å². The Morgan fingerprint density at radius 2 is 2.14 bits per heavy atom. The van der Waals surface area contributed by atoms with Crippen LogP contribution in [0.4, 0.5) is 0 Å². The van der Waals surface area contributed by atoms with Crippen molar-refractivity contribution in [1.82, 2.24) is 9.71 Å². The third-order valence-electron chi connectivity index (χ3n) is 2.97. The smallest absolute Gasteiger partial charge is 0.241 e. The summed E-state index contributed by atoms with van der Waals surface area (Å²) < 4.78 is 27.2. The molecule has 8 heteroatoms. The lowest BCUT2D eigenvalue weighted by Gasteiger charge is -2.09. The van der Waals surface area contributed by atoms with E-state index in [2.05, 4.69) is 19.7 Å². The van der Waals surface area contributed by atoms with Gasteiger partial charge in [-0.05, 0) is 30.5 Å². The zero-order valence-electron chi connectivity index (χ0n) is 11.3. The number of azide groups is 1. The monoisotopic (exact) mass is 305 g/mol. The van der Waals surface area contributed by atoms with Crippen molar-refractivity contribution in [2.75, 3.05) is 13.1 Å². The maximum Gasteiger partial charge on any atom is 0.241 e. The van der Waals surface area contributed by atoms with Crippen molar-refractivity contribution in [3.8, 4) is 0 Å². The number of nitrogens with zero attached hydrogens (tertiary/aromatic N) is 4. The molecule has 2 aromatic rings. The number of unbranched alkanes of at least 4 members (excludes halogenated alkanes) is 1. The number of fused-ring (bicyclic) bond motifs is 1. The molecule has 0 fully saturated rings. The molecule has 0 unspecified atom stereocenters. The lowest BCUT2D eigenvalue weighted by atomic mass is 10.2. The predicted molar refractivity (Wildman–Crippen MR) is 80.2 cm³/mol. The standard InChI is InChI=1S/C13H15N5O2S/c14-18-16-7-1-2-8-17-21(19,20)13-5-3-4-11-10-15-9-6-12(11)13/h3-6,9-10,17H,1-2,7-8H2. The van der Waals surface area contributed by atoms with E-state index in [-0.39, 0.29) is 4.90 Å². The number of rotatable bonds is 7. The van der Waals surface area contributed by atoms with Crippen LogP contribution in [0, 0.1) is 0 Å². The van der Waals surface area contributed by atoms with Gasteiger partial charge in [-0.25, -0.2) is 13.1 Å². The maximum atomic E-state index is 12.3. The van der Waals surface area contributed by atoms with E-state index in [1.807, 2.05) is 6.07 Å². The summed E-state index contributed by atoms with van der Waals surface area (Å²) in [7, 11) is -3.56. The molecule has 110 valence electrons. The van der Waals surface area contributed by atoms with Gasteiger partial charge in [0.1, 0.15) is 0 Å². The zero-order chi connectivity index (χ0) is 15.1. The normalized spacial score (nSPS) is 11.2. The van der Waals surface area contributed by atoms with E-state index in [4.69, 9.17) is 5.53 Å². The van der Waals surface area contributed by atoms with E-state index >= 15 is 0 Å². The first-order valence-electron chi connectivity index (χ1n) is 6.48. The Balaban J connectivity index is 2.09. The molecule has 0 amide bonds. The van der Waals surface area contributed by atoms with Crippen LogP contribution >= 0.6 is 0 Å². The van der Waals surface area contributed by atoms with Gasteiger partial charge in [0.25, 0.3) is 0 Å². The minimum atomic E-state index is -3.56. The van der Waals surface area contributed by atoms with E-state index in [1.54, 1.807) is 30.6 Å². The Morgan fingerprint density at radius 3 is 2.95 bits per heavy atom. The van der Waals surface area contributed by atoms with Gasteiger partial charge in [-0.1, -0.05) is 17.2 Å². The molecule has 0 aliphatic rings. The lowest BCUT2D eigenvalue weighted by Crippen LogP contribution is -2.25. The average Bonchev–Trinajstić information content (AvgIpc) is 2.50. The first-order valence-corrected chi connectivity index (χ1v) is 7.97. The van der Waals surface area contributed by atoms with Crippen molar-refractivity contribution in [1.29, 1.82) is 0 Å². The quantitative estimate of drug-likeness (QED) is 0.367. The number of hydrogen-bond donors (Lipinski definition) is 1. The third kappa shape index (κ3) is 3.91. The van der Waals surface area contributed by atoms with Gasteiger partial charge in [-0.2, -0.15) is 0 Å². The predicted octanol–water partition coefficient (Wildman–Crippen LogP) is 2.60. The van der Waals surface area contributed by atoms with Gasteiger partial charge in [0.15, 0.2) is 0 Å². The molecular weight excluding hydrogens is 290 g/mol. The van der Waals surface area contributed by atoms with E-state index in [0.29, 0.717) is 31.3 Å². The summed E-state index contributed by atoms with van der Waals surface area (Å²) in [6.45, 7) is 0.683. The molecule has 0 aliphatic heterocycles. The van der Waals surface area contributed by atoms with E-state index in [1.165, 1.54) is 0 Å². The van der Waals surface area contributed by atoms with Gasteiger partial charge in [-0.3, -0.25) is 4.98 Å². The fourth-order valence-electron chi connectivity index (χ4n) is 1.96. The minimum Gasteiger partial charge on any atom is -0.264 e. The molecule has 1 aromatic heterocycles. The van der Waals surface area contributed by atoms with Gasteiger partial charge in [0.05, 0.1) is 4.90 Å². The number of hydrogen-bond acceptors (Lipinski definition) is 4. The van der Waals surface area contributed by atoms with Crippen LogP contribution in [-0.2, 0) is 10.0 Å². The van der Waals surface area contributed by atoms with Gasteiger partial charge < -0.3 is 0 Å². The molecule has 1 heterocycles. The first kappa shape index (κ1) is 15.2. The van der Waals surface area contributed by atoms with Crippen molar-refractivity contribution >= 4 is 20.8 Å². The molecule has 0 bridgehead atoms. The summed E-state index contributed by atoms with van der Waals surface area (Å²) in [5, 5.41) is 4.83. The van der Waals surface area contributed by atoms with Crippen molar-refractivity contribution in [3.05, 3.63) is 47.1 Å². The van der Waals surface area contributed by atoms with Crippen LogP contribution in [0.15, 0.2) is 46.7 Å². The van der Waals surface area contributed by atoms with Gasteiger partial charge in [-0.15, -0.1) is 0 Å². The second kappa shape index (κ2) is 7.03. The highest BCUT2D eigenvalue weighted by atomic mass is 32.2. The van der Waals surface area contributed by atoms with Crippen molar-refractivity contribution in [2.45, 2.75) is 17.7 Å². The second-order valence-corrected chi connectivity index (χ2v) is 6.15. The van der Waals surface area contributed by atoms with Crippen LogP contribution < -0.4 is 4.72 Å². The molecule has 0 spiro atoms. The average molecular weight is 305 g/mol. The highest BCUT2D eigenvalue weighted by molar-refractivity contribution is 7.89. The summed E-state index contributed by atoms with van der Waals surface area (Å²) in [5.41, 5.74) is 8.14. The number of benzene rings is 1. The van der Waals surface area contributed by atoms with Crippen molar-refractivity contribution in [3.63, 3.8) is 0 Å². The molecule has 0 atom stereocenters. The molecule has 21 heavy (non-hydrogen) atoms. The van der Waals surface area contributed by atoms with Crippen LogP contribution in [0.5, 0.6) is 0 Å². The molecule has 1 aromatic carbocycles. The highest BCUT2D eigenvalue weighted by Gasteiger charge is 2.16. The Kier molecular flexibility index (Phi) is 5.10.